The Labute approximate surface area is 112 Å². The van der Waals surface area contributed by atoms with Gasteiger partial charge in [0.2, 0.25) is 0 Å². The Balaban J connectivity index is 2.22. The van der Waals surface area contributed by atoms with E-state index in [-0.39, 0.29) is 0 Å². The van der Waals surface area contributed by atoms with Crippen LogP contribution in [-0.4, -0.2) is 23.7 Å². The maximum absolute atomic E-state index is 10.4. The molecule has 3 nitrogen and oxygen atoms in total. The van der Waals surface area contributed by atoms with E-state index in [1.165, 1.54) is 12.8 Å². The van der Waals surface area contributed by atoms with E-state index < -0.39 is 5.97 Å². The van der Waals surface area contributed by atoms with E-state index in [1.54, 1.807) is 12.1 Å². The second-order valence-electron chi connectivity index (χ2n) is 4.57. The summed E-state index contributed by atoms with van der Waals surface area (Å²) in [6.45, 7) is 3.23. The van der Waals surface area contributed by atoms with Crippen molar-refractivity contribution in [3.05, 3.63) is 34.9 Å². The monoisotopic (exact) mass is 265 g/mol. The second kappa shape index (κ2) is 5.44. The topological polar surface area (TPSA) is 40.5 Å². The van der Waals surface area contributed by atoms with Gasteiger partial charge in [-0.3, -0.25) is 0 Å². The molecule has 1 N–H and O–H groups in total. The fourth-order valence-corrected chi connectivity index (χ4v) is 2.62. The molecule has 1 heterocycles. The summed E-state index contributed by atoms with van der Waals surface area (Å²) in [5, 5.41) is 9.26. The maximum Gasteiger partial charge on any atom is 0.328 e. The zero-order valence-electron chi connectivity index (χ0n) is 10.3. The number of hydrogen-bond donors (Lipinski definition) is 1. The van der Waals surface area contributed by atoms with Crippen molar-refractivity contribution in [1.82, 2.24) is 0 Å². The molecule has 1 unspecified atom stereocenters. The molecule has 0 saturated carbocycles. The molecule has 1 aromatic rings. The van der Waals surface area contributed by atoms with Crippen molar-refractivity contribution in [2.75, 3.05) is 11.4 Å². The normalized spacial score (nSPS) is 19.7. The lowest BCUT2D eigenvalue weighted by Gasteiger charge is -2.25. The smallest absolute Gasteiger partial charge is 0.328 e. The van der Waals surface area contributed by atoms with Crippen LogP contribution < -0.4 is 4.90 Å². The summed E-state index contributed by atoms with van der Waals surface area (Å²) in [5.74, 6) is -0.955. The Morgan fingerprint density at radius 2 is 2.33 bits per heavy atom. The highest BCUT2D eigenvalue weighted by Gasteiger charge is 2.22. The Bertz CT molecular complexity index is 485. The summed E-state index contributed by atoms with van der Waals surface area (Å²) < 4.78 is 0. The van der Waals surface area contributed by atoms with Gasteiger partial charge >= 0.3 is 5.97 Å². The van der Waals surface area contributed by atoms with Crippen LogP contribution in [0.4, 0.5) is 5.69 Å². The first kappa shape index (κ1) is 13.0. The van der Waals surface area contributed by atoms with Gasteiger partial charge in [0.15, 0.2) is 0 Å². The lowest BCUT2D eigenvalue weighted by Crippen LogP contribution is -2.26. The predicted molar refractivity (Wildman–Crippen MR) is 74.2 cm³/mol. The van der Waals surface area contributed by atoms with Gasteiger partial charge in [0, 0.05) is 18.7 Å². The van der Waals surface area contributed by atoms with Crippen LogP contribution in [-0.2, 0) is 4.79 Å². The first-order valence-electron chi connectivity index (χ1n) is 6.05. The van der Waals surface area contributed by atoms with E-state index in [4.69, 9.17) is 16.7 Å². The third kappa shape index (κ3) is 2.85. The van der Waals surface area contributed by atoms with Crippen LogP contribution in [0, 0.1) is 0 Å². The zero-order valence-corrected chi connectivity index (χ0v) is 11.0. The van der Waals surface area contributed by atoms with Crippen LogP contribution in [0.2, 0.25) is 5.02 Å². The number of halogens is 1. The largest absolute Gasteiger partial charge is 0.478 e. The molecule has 18 heavy (non-hydrogen) atoms. The first-order valence-corrected chi connectivity index (χ1v) is 6.43. The molecule has 1 aromatic carbocycles. The summed E-state index contributed by atoms with van der Waals surface area (Å²) >= 11 is 6.27. The SMILES string of the molecule is CC1CCCN1c1ccc(/C=C/C(=O)O)cc1Cl. The molecule has 96 valence electrons. The number of nitrogens with zero attached hydrogens (tertiary/aromatic N) is 1. The number of anilines is 1. The molecule has 0 bridgehead atoms. The number of hydrogen-bond acceptors (Lipinski definition) is 2. The highest BCUT2D eigenvalue weighted by Crippen LogP contribution is 2.32. The van der Waals surface area contributed by atoms with Crippen molar-refractivity contribution < 1.29 is 9.90 Å². The van der Waals surface area contributed by atoms with Gasteiger partial charge in [-0.15, -0.1) is 0 Å². The van der Waals surface area contributed by atoms with E-state index >= 15 is 0 Å². The van der Waals surface area contributed by atoms with Crippen molar-refractivity contribution in [3.63, 3.8) is 0 Å². The molecule has 0 aliphatic carbocycles. The van der Waals surface area contributed by atoms with Crippen LogP contribution in [0.1, 0.15) is 25.3 Å². The van der Waals surface area contributed by atoms with Crippen LogP contribution in [0.3, 0.4) is 0 Å². The van der Waals surface area contributed by atoms with E-state index in [2.05, 4.69) is 11.8 Å². The van der Waals surface area contributed by atoms with E-state index in [1.807, 2.05) is 12.1 Å². The minimum absolute atomic E-state index is 0.517. The van der Waals surface area contributed by atoms with E-state index in [0.717, 1.165) is 23.9 Å². The van der Waals surface area contributed by atoms with Crippen molar-refractivity contribution in [2.45, 2.75) is 25.8 Å². The Morgan fingerprint density at radius 1 is 1.56 bits per heavy atom. The molecule has 2 rings (SSSR count). The predicted octanol–water partition coefficient (Wildman–Crippen LogP) is 3.43. The van der Waals surface area contributed by atoms with Crippen molar-refractivity contribution in [3.8, 4) is 0 Å². The first-order chi connectivity index (χ1) is 8.58. The summed E-state index contributed by atoms with van der Waals surface area (Å²) in [7, 11) is 0. The minimum Gasteiger partial charge on any atom is -0.478 e. The highest BCUT2D eigenvalue weighted by atomic mass is 35.5. The summed E-state index contributed by atoms with van der Waals surface area (Å²) in [5.41, 5.74) is 1.84. The third-order valence-electron chi connectivity index (χ3n) is 3.25. The molecule has 1 saturated heterocycles. The van der Waals surface area contributed by atoms with Gasteiger partial charge in [0.1, 0.15) is 0 Å². The summed E-state index contributed by atoms with van der Waals surface area (Å²) in [4.78, 5) is 12.7. The minimum atomic E-state index is -0.955. The molecule has 0 spiro atoms. The number of carbonyl (C=O) groups is 1. The van der Waals surface area contributed by atoms with Gasteiger partial charge in [-0.05, 0) is 43.5 Å². The average molecular weight is 266 g/mol. The van der Waals surface area contributed by atoms with Crippen molar-refractivity contribution >= 4 is 29.3 Å². The number of benzene rings is 1. The third-order valence-corrected chi connectivity index (χ3v) is 3.56. The van der Waals surface area contributed by atoms with Gasteiger partial charge in [-0.2, -0.15) is 0 Å². The quantitative estimate of drug-likeness (QED) is 0.852. The molecule has 1 aliphatic heterocycles. The van der Waals surface area contributed by atoms with Gasteiger partial charge in [0.05, 0.1) is 10.7 Å². The van der Waals surface area contributed by atoms with Crippen molar-refractivity contribution in [1.29, 1.82) is 0 Å². The van der Waals surface area contributed by atoms with Crippen LogP contribution >= 0.6 is 11.6 Å². The lowest BCUT2D eigenvalue weighted by molar-refractivity contribution is -0.131. The molecule has 1 aliphatic rings. The van der Waals surface area contributed by atoms with Gasteiger partial charge in [-0.1, -0.05) is 17.7 Å². The standard InChI is InChI=1S/C14H16ClNO2/c1-10-3-2-8-16(10)13-6-4-11(9-12(13)15)5-7-14(17)18/h4-7,9-10H,2-3,8H2,1H3,(H,17,18)/b7-5+. The van der Waals surface area contributed by atoms with Gasteiger partial charge in [-0.25, -0.2) is 4.79 Å². The molecular weight excluding hydrogens is 250 g/mol. The van der Waals surface area contributed by atoms with Gasteiger partial charge in [0.25, 0.3) is 0 Å². The molecule has 1 fully saturated rings. The van der Waals surface area contributed by atoms with Crippen LogP contribution in [0.5, 0.6) is 0 Å². The van der Waals surface area contributed by atoms with Crippen molar-refractivity contribution in [2.24, 2.45) is 0 Å². The zero-order chi connectivity index (χ0) is 13.1. The molecular formula is C14H16ClNO2. The van der Waals surface area contributed by atoms with E-state index in [9.17, 15) is 4.79 Å². The van der Waals surface area contributed by atoms with E-state index in [0.29, 0.717) is 11.1 Å². The molecule has 0 aromatic heterocycles. The second-order valence-corrected chi connectivity index (χ2v) is 4.97. The number of carboxylic acid groups (broad SMARTS) is 1. The average Bonchev–Trinajstić information content (AvgIpc) is 2.73. The summed E-state index contributed by atoms with van der Waals surface area (Å²) in [6, 6.07) is 6.18. The number of rotatable bonds is 3. The summed E-state index contributed by atoms with van der Waals surface area (Å²) in [6.07, 6.45) is 5.05. The molecule has 1 atom stereocenters. The Morgan fingerprint density at radius 3 is 2.89 bits per heavy atom. The molecule has 0 amide bonds. The highest BCUT2D eigenvalue weighted by molar-refractivity contribution is 6.33. The van der Waals surface area contributed by atoms with Crippen LogP contribution in [0.25, 0.3) is 6.08 Å². The van der Waals surface area contributed by atoms with Gasteiger partial charge < -0.3 is 10.0 Å². The Kier molecular flexibility index (Phi) is 3.92. The lowest BCUT2D eigenvalue weighted by atomic mass is 10.1. The fourth-order valence-electron chi connectivity index (χ4n) is 2.32. The fraction of sp³-hybridized carbons (Fsp3) is 0.357. The Hall–Kier alpha value is -1.48. The number of aliphatic carboxylic acids is 1. The maximum atomic E-state index is 10.4. The van der Waals surface area contributed by atoms with Crippen LogP contribution in [0.15, 0.2) is 24.3 Å². The number of carboxylic acids is 1. The molecule has 4 heteroatoms. The molecule has 0 radical (unpaired) electrons.